The van der Waals surface area contributed by atoms with Gasteiger partial charge in [0.15, 0.2) is 5.96 Å². The normalized spacial score (nSPS) is 18.4. The van der Waals surface area contributed by atoms with Crippen LogP contribution in [-0.2, 0) is 13.6 Å². The Hall–Kier alpha value is -2.30. The Morgan fingerprint density at radius 3 is 2.70 bits per heavy atom. The van der Waals surface area contributed by atoms with Crippen LogP contribution in [0.1, 0.15) is 22.9 Å². The third-order valence-corrected chi connectivity index (χ3v) is 3.70. The molecule has 1 aliphatic rings. The molecule has 0 aliphatic carbocycles. The number of nitrogens with two attached hydrogens (primary N) is 1. The maximum atomic E-state index is 6.06. The van der Waals surface area contributed by atoms with Gasteiger partial charge in [-0.1, -0.05) is 30.3 Å². The minimum absolute atomic E-state index is 0.184. The highest BCUT2D eigenvalue weighted by atomic mass is 15.3. The van der Waals surface area contributed by atoms with Crippen molar-refractivity contribution in [3.8, 4) is 0 Å². The molecule has 1 aromatic carbocycles. The van der Waals surface area contributed by atoms with Gasteiger partial charge in [0, 0.05) is 25.4 Å². The first-order chi connectivity index (χ1) is 9.65. The van der Waals surface area contributed by atoms with Crippen molar-refractivity contribution in [3.63, 3.8) is 0 Å². The summed E-state index contributed by atoms with van der Waals surface area (Å²) in [4.78, 5) is 6.56. The minimum atomic E-state index is 0.184. The largest absolute Gasteiger partial charge is 0.370 e. The zero-order valence-corrected chi connectivity index (χ0v) is 11.8. The zero-order chi connectivity index (χ0) is 14.1. The van der Waals surface area contributed by atoms with Crippen molar-refractivity contribution in [2.24, 2.45) is 17.8 Å². The molecule has 2 aromatic rings. The summed E-state index contributed by atoms with van der Waals surface area (Å²) >= 11 is 0. The van der Waals surface area contributed by atoms with Crippen LogP contribution >= 0.6 is 0 Å². The van der Waals surface area contributed by atoms with Gasteiger partial charge in [-0.25, -0.2) is 0 Å². The minimum Gasteiger partial charge on any atom is -0.370 e. The Morgan fingerprint density at radius 2 is 2.05 bits per heavy atom. The molecule has 0 spiro atoms. The standard InChI is InChI=1S/C15H19N5/c1-11-13(10-19(2)18-11)14-8-17-15(16)20(14)9-12-6-4-3-5-7-12/h3-7,10,14H,8-9H2,1-2H3,(H2,16,17). The number of aliphatic imine (C=N–C) groups is 1. The van der Waals surface area contributed by atoms with Crippen molar-refractivity contribution in [3.05, 3.63) is 53.3 Å². The fourth-order valence-corrected chi connectivity index (χ4v) is 2.71. The number of nitrogens with zero attached hydrogens (tertiary/aromatic N) is 4. The van der Waals surface area contributed by atoms with Gasteiger partial charge in [0.2, 0.25) is 0 Å². The van der Waals surface area contributed by atoms with Gasteiger partial charge in [-0.05, 0) is 12.5 Å². The van der Waals surface area contributed by atoms with Crippen LogP contribution < -0.4 is 5.73 Å². The molecule has 0 saturated heterocycles. The summed E-state index contributed by atoms with van der Waals surface area (Å²) in [6.45, 7) is 3.50. The van der Waals surface area contributed by atoms with E-state index in [2.05, 4.69) is 33.3 Å². The Morgan fingerprint density at radius 1 is 1.30 bits per heavy atom. The maximum absolute atomic E-state index is 6.06. The SMILES string of the molecule is Cc1nn(C)cc1C1CN=C(N)N1Cc1ccccc1. The van der Waals surface area contributed by atoms with E-state index in [1.807, 2.05) is 36.9 Å². The molecule has 1 aromatic heterocycles. The van der Waals surface area contributed by atoms with Crippen LogP contribution in [0, 0.1) is 6.92 Å². The van der Waals surface area contributed by atoms with E-state index in [0.29, 0.717) is 12.5 Å². The van der Waals surface area contributed by atoms with Gasteiger partial charge in [-0.3, -0.25) is 9.67 Å². The van der Waals surface area contributed by atoms with E-state index in [1.165, 1.54) is 11.1 Å². The van der Waals surface area contributed by atoms with Crippen molar-refractivity contribution in [1.29, 1.82) is 0 Å². The molecule has 0 bridgehead atoms. The molecule has 0 saturated carbocycles. The molecule has 5 heteroatoms. The van der Waals surface area contributed by atoms with E-state index in [9.17, 15) is 0 Å². The highest BCUT2D eigenvalue weighted by Crippen LogP contribution is 2.28. The predicted molar refractivity (Wildman–Crippen MR) is 79.2 cm³/mol. The van der Waals surface area contributed by atoms with Crippen molar-refractivity contribution >= 4 is 5.96 Å². The average molecular weight is 269 g/mol. The number of hydrogen-bond donors (Lipinski definition) is 1. The second-order valence-electron chi connectivity index (χ2n) is 5.17. The topological polar surface area (TPSA) is 59.4 Å². The number of aromatic nitrogens is 2. The maximum Gasteiger partial charge on any atom is 0.192 e. The van der Waals surface area contributed by atoms with E-state index in [4.69, 9.17) is 5.73 Å². The highest BCUT2D eigenvalue weighted by Gasteiger charge is 2.29. The molecule has 1 unspecified atom stereocenters. The molecule has 104 valence electrons. The summed E-state index contributed by atoms with van der Waals surface area (Å²) in [6, 6.07) is 10.5. The van der Waals surface area contributed by atoms with E-state index in [1.54, 1.807) is 0 Å². The van der Waals surface area contributed by atoms with Crippen molar-refractivity contribution in [1.82, 2.24) is 14.7 Å². The molecule has 1 atom stereocenters. The summed E-state index contributed by atoms with van der Waals surface area (Å²) in [6.07, 6.45) is 2.06. The van der Waals surface area contributed by atoms with Crippen LogP contribution in [0.5, 0.6) is 0 Å². The Labute approximate surface area is 118 Å². The number of benzene rings is 1. The summed E-state index contributed by atoms with van der Waals surface area (Å²) in [5, 5.41) is 4.42. The summed E-state index contributed by atoms with van der Waals surface area (Å²) in [7, 11) is 1.94. The van der Waals surface area contributed by atoms with Crippen molar-refractivity contribution < 1.29 is 0 Å². The Kier molecular flexibility index (Phi) is 3.18. The highest BCUT2D eigenvalue weighted by molar-refractivity contribution is 5.80. The lowest BCUT2D eigenvalue weighted by Gasteiger charge is -2.26. The first-order valence-corrected chi connectivity index (χ1v) is 6.76. The molecule has 0 amide bonds. The summed E-state index contributed by atoms with van der Waals surface area (Å²) in [5.41, 5.74) is 9.54. The predicted octanol–water partition coefficient (Wildman–Crippen LogP) is 1.60. The molecule has 0 radical (unpaired) electrons. The van der Waals surface area contributed by atoms with Crippen LogP contribution in [0.15, 0.2) is 41.5 Å². The third kappa shape index (κ3) is 2.27. The summed E-state index contributed by atoms with van der Waals surface area (Å²) < 4.78 is 1.85. The van der Waals surface area contributed by atoms with Crippen LogP contribution in [0.25, 0.3) is 0 Å². The molecule has 5 nitrogen and oxygen atoms in total. The second kappa shape index (κ2) is 5.00. The monoisotopic (exact) mass is 269 g/mol. The number of rotatable bonds is 3. The smallest absolute Gasteiger partial charge is 0.192 e. The molecule has 3 rings (SSSR count). The van der Waals surface area contributed by atoms with Gasteiger partial charge in [-0.2, -0.15) is 5.10 Å². The lowest BCUT2D eigenvalue weighted by Crippen LogP contribution is -2.35. The van der Waals surface area contributed by atoms with Gasteiger partial charge >= 0.3 is 0 Å². The van der Waals surface area contributed by atoms with Crippen molar-refractivity contribution in [2.75, 3.05) is 6.54 Å². The van der Waals surface area contributed by atoms with Crippen LogP contribution in [0.2, 0.25) is 0 Å². The number of guanidine groups is 1. The Bertz CT molecular complexity index is 629. The lowest BCUT2D eigenvalue weighted by atomic mass is 10.1. The average Bonchev–Trinajstić information content (AvgIpc) is 2.95. The summed E-state index contributed by atoms with van der Waals surface area (Å²) in [5.74, 6) is 0.613. The molecule has 1 aliphatic heterocycles. The molecule has 20 heavy (non-hydrogen) atoms. The third-order valence-electron chi connectivity index (χ3n) is 3.70. The van der Waals surface area contributed by atoms with Gasteiger partial charge in [0.1, 0.15) is 0 Å². The fraction of sp³-hybridized carbons (Fsp3) is 0.333. The van der Waals surface area contributed by atoms with E-state index < -0.39 is 0 Å². The van der Waals surface area contributed by atoms with Crippen LogP contribution in [0.4, 0.5) is 0 Å². The quantitative estimate of drug-likeness (QED) is 0.920. The van der Waals surface area contributed by atoms with E-state index >= 15 is 0 Å². The van der Waals surface area contributed by atoms with E-state index in [-0.39, 0.29) is 6.04 Å². The second-order valence-corrected chi connectivity index (χ2v) is 5.17. The van der Waals surface area contributed by atoms with Gasteiger partial charge in [0.25, 0.3) is 0 Å². The van der Waals surface area contributed by atoms with Gasteiger partial charge in [0.05, 0.1) is 18.3 Å². The van der Waals surface area contributed by atoms with E-state index in [0.717, 1.165) is 12.2 Å². The first kappa shape index (κ1) is 12.7. The first-order valence-electron chi connectivity index (χ1n) is 6.76. The van der Waals surface area contributed by atoms with Gasteiger partial charge < -0.3 is 10.6 Å². The molecule has 2 heterocycles. The van der Waals surface area contributed by atoms with Crippen LogP contribution in [-0.4, -0.2) is 27.2 Å². The molecule has 2 N–H and O–H groups in total. The number of aryl methyl sites for hydroxylation is 2. The fourth-order valence-electron chi connectivity index (χ4n) is 2.71. The van der Waals surface area contributed by atoms with Gasteiger partial charge in [-0.15, -0.1) is 0 Å². The molecule has 0 fully saturated rings. The Balaban J connectivity index is 1.87. The van der Waals surface area contributed by atoms with Crippen LogP contribution in [0.3, 0.4) is 0 Å². The number of hydrogen-bond acceptors (Lipinski definition) is 4. The zero-order valence-electron chi connectivity index (χ0n) is 11.8. The lowest BCUT2D eigenvalue weighted by molar-refractivity contribution is 0.339. The molecular weight excluding hydrogens is 250 g/mol. The van der Waals surface area contributed by atoms with Crippen molar-refractivity contribution in [2.45, 2.75) is 19.5 Å². The molecular formula is C15H19N5.